The van der Waals surface area contributed by atoms with Crippen molar-refractivity contribution >= 4 is 34.1 Å². The van der Waals surface area contributed by atoms with Crippen molar-refractivity contribution in [3.05, 3.63) is 69.9 Å². The molecule has 5 nitrogen and oxygen atoms in total. The number of nitrogens with one attached hydrogen (secondary N) is 1. The second-order valence-corrected chi connectivity index (χ2v) is 6.31. The second kappa shape index (κ2) is 6.16. The molecular formula is C17H13BrFN3O2. The van der Waals surface area contributed by atoms with E-state index in [1.165, 1.54) is 24.4 Å². The van der Waals surface area contributed by atoms with E-state index < -0.39 is 23.3 Å². The Kier molecular flexibility index (Phi) is 4.19. The summed E-state index contributed by atoms with van der Waals surface area (Å²) in [6.45, 7) is 1.63. The summed E-state index contributed by atoms with van der Waals surface area (Å²) in [5.41, 5.74) is 0.0572. The number of carbonyl (C=O) groups excluding carboxylic acids is 2. The van der Waals surface area contributed by atoms with E-state index in [0.29, 0.717) is 11.1 Å². The molecule has 2 aromatic rings. The zero-order chi connectivity index (χ0) is 17.3. The van der Waals surface area contributed by atoms with Gasteiger partial charge in [0.05, 0.1) is 10.7 Å². The number of hydrogen-bond acceptors (Lipinski definition) is 3. The van der Waals surface area contributed by atoms with Crippen molar-refractivity contribution in [2.24, 2.45) is 5.10 Å². The Morgan fingerprint density at radius 1 is 1.21 bits per heavy atom. The van der Waals surface area contributed by atoms with Crippen LogP contribution in [0.3, 0.4) is 0 Å². The molecule has 2 aromatic carbocycles. The minimum Gasteiger partial charge on any atom is -0.318 e. The van der Waals surface area contributed by atoms with Crippen LogP contribution in [0.2, 0.25) is 0 Å². The highest BCUT2D eigenvalue weighted by atomic mass is 79.9. The lowest BCUT2D eigenvalue weighted by Gasteiger charge is -2.20. The molecule has 1 aliphatic heterocycles. The molecule has 1 aliphatic rings. The molecule has 0 bridgehead atoms. The van der Waals surface area contributed by atoms with Crippen LogP contribution in [0, 0.1) is 5.82 Å². The molecule has 1 heterocycles. The van der Waals surface area contributed by atoms with Gasteiger partial charge in [0, 0.05) is 0 Å². The lowest BCUT2D eigenvalue weighted by Crippen LogP contribution is -2.40. The van der Waals surface area contributed by atoms with Gasteiger partial charge in [-0.05, 0) is 46.1 Å². The van der Waals surface area contributed by atoms with E-state index >= 15 is 0 Å². The zero-order valence-corrected chi connectivity index (χ0v) is 14.2. The van der Waals surface area contributed by atoms with Crippen LogP contribution in [-0.4, -0.2) is 23.2 Å². The number of hydrazone groups is 1. The summed E-state index contributed by atoms with van der Waals surface area (Å²) in [5.74, 6) is -0.880. The summed E-state index contributed by atoms with van der Waals surface area (Å²) in [5, 5.41) is 7.39. The molecule has 0 unspecified atom stereocenters. The summed E-state index contributed by atoms with van der Waals surface area (Å²) in [6.07, 6.45) is 1.33. The molecule has 1 saturated heterocycles. The number of imide groups is 1. The van der Waals surface area contributed by atoms with Gasteiger partial charge in [-0.2, -0.15) is 5.10 Å². The van der Waals surface area contributed by atoms with Gasteiger partial charge in [0.25, 0.3) is 5.91 Å². The van der Waals surface area contributed by atoms with Crippen molar-refractivity contribution < 1.29 is 14.0 Å². The van der Waals surface area contributed by atoms with Crippen molar-refractivity contribution in [2.75, 3.05) is 0 Å². The maximum atomic E-state index is 13.2. The minimum atomic E-state index is -1.17. The standard InChI is InChI=1S/C17H13BrFN3O2/c1-17(12-5-3-2-4-6-12)15(23)22(16(24)21-17)20-10-11-7-8-14(19)13(18)9-11/h2-10H,1H3,(H,21,24)/b20-10-/t17-/m0/s1. The van der Waals surface area contributed by atoms with Crippen LogP contribution in [-0.2, 0) is 10.3 Å². The number of halogens is 2. The predicted molar refractivity (Wildman–Crippen MR) is 90.9 cm³/mol. The molecule has 3 amide bonds. The molecule has 7 heteroatoms. The first-order chi connectivity index (χ1) is 11.4. The molecule has 1 N–H and O–H groups in total. The molecule has 0 spiro atoms. The predicted octanol–water partition coefficient (Wildman–Crippen LogP) is 3.39. The molecule has 1 fully saturated rings. The molecule has 0 aliphatic carbocycles. The molecular weight excluding hydrogens is 377 g/mol. The summed E-state index contributed by atoms with van der Waals surface area (Å²) >= 11 is 3.08. The van der Waals surface area contributed by atoms with E-state index in [2.05, 4.69) is 26.3 Å². The first-order valence-electron chi connectivity index (χ1n) is 7.13. The van der Waals surface area contributed by atoms with E-state index in [9.17, 15) is 14.0 Å². The number of rotatable bonds is 3. The third-order valence-corrected chi connectivity index (χ3v) is 4.39. The first kappa shape index (κ1) is 16.3. The molecule has 3 rings (SSSR count). The van der Waals surface area contributed by atoms with Crippen LogP contribution in [0.1, 0.15) is 18.1 Å². The van der Waals surface area contributed by atoms with E-state index in [-0.39, 0.29) is 4.47 Å². The summed E-state index contributed by atoms with van der Waals surface area (Å²) < 4.78 is 13.5. The van der Waals surface area contributed by atoms with Gasteiger partial charge in [-0.15, -0.1) is 5.01 Å². The first-order valence-corrected chi connectivity index (χ1v) is 7.92. The van der Waals surface area contributed by atoms with E-state index in [1.807, 2.05) is 6.07 Å². The van der Waals surface area contributed by atoms with E-state index in [4.69, 9.17) is 0 Å². The highest BCUT2D eigenvalue weighted by molar-refractivity contribution is 9.10. The SMILES string of the molecule is C[C@@]1(c2ccccc2)NC(=O)N(/N=C\c2ccc(F)c(Br)c2)C1=O. The summed E-state index contributed by atoms with van der Waals surface area (Å²) in [7, 11) is 0. The number of nitrogens with zero attached hydrogens (tertiary/aromatic N) is 2. The van der Waals surface area contributed by atoms with Gasteiger partial charge in [-0.3, -0.25) is 4.79 Å². The van der Waals surface area contributed by atoms with Crippen LogP contribution in [0.4, 0.5) is 9.18 Å². The van der Waals surface area contributed by atoms with Gasteiger partial charge in [0.15, 0.2) is 0 Å². The fraction of sp³-hybridized carbons (Fsp3) is 0.118. The van der Waals surface area contributed by atoms with Gasteiger partial charge >= 0.3 is 6.03 Å². The van der Waals surface area contributed by atoms with Crippen LogP contribution in [0.25, 0.3) is 0 Å². The highest BCUT2D eigenvalue weighted by Gasteiger charge is 2.49. The summed E-state index contributed by atoms with van der Waals surface area (Å²) in [6, 6.07) is 12.6. The Balaban J connectivity index is 1.87. The average Bonchev–Trinajstić information content (AvgIpc) is 2.80. The van der Waals surface area contributed by atoms with Gasteiger partial charge in [0.1, 0.15) is 11.4 Å². The van der Waals surface area contributed by atoms with Crippen molar-refractivity contribution in [2.45, 2.75) is 12.5 Å². The lowest BCUT2D eigenvalue weighted by molar-refractivity contribution is -0.131. The summed E-state index contributed by atoms with van der Waals surface area (Å²) in [4.78, 5) is 24.8. The van der Waals surface area contributed by atoms with Crippen molar-refractivity contribution in [1.82, 2.24) is 10.3 Å². The van der Waals surface area contributed by atoms with Crippen LogP contribution in [0.15, 0.2) is 58.1 Å². The van der Waals surface area contributed by atoms with Gasteiger partial charge in [0.2, 0.25) is 0 Å². The number of carbonyl (C=O) groups is 2. The van der Waals surface area contributed by atoms with Crippen LogP contribution < -0.4 is 5.32 Å². The Morgan fingerprint density at radius 2 is 1.92 bits per heavy atom. The number of hydrogen-bond donors (Lipinski definition) is 1. The Morgan fingerprint density at radius 3 is 2.58 bits per heavy atom. The third kappa shape index (κ3) is 2.82. The largest absolute Gasteiger partial charge is 0.346 e. The fourth-order valence-corrected chi connectivity index (χ4v) is 2.81. The highest BCUT2D eigenvalue weighted by Crippen LogP contribution is 2.28. The molecule has 24 heavy (non-hydrogen) atoms. The van der Waals surface area contributed by atoms with Gasteiger partial charge < -0.3 is 5.32 Å². The second-order valence-electron chi connectivity index (χ2n) is 5.46. The third-order valence-electron chi connectivity index (χ3n) is 3.79. The van der Waals surface area contributed by atoms with Crippen molar-refractivity contribution in [1.29, 1.82) is 0 Å². The molecule has 0 saturated carbocycles. The molecule has 1 atom stereocenters. The van der Waals surface area contributed by atoms with Gasteiger partial charge in [-0.25, -0.2) is 9.18 Å². The minimum absolute atomic E-state index is 0.276. The van der Waals surface area contributed by atoms with E-state index in [1.54, 1.807) is 31.2 Å². The Bertz CT molecular complexity index is 841. The van der Waals surface area contributed by atoms with Gasteiger partial charge in [-0.1, -0.05) is 36.4 Å². The topological polar surface area (TPSA) is 61.8 Å². The lowest BCUT2D eigenvalue weighted by atomic mass is 9.92. The normalized spacial score (nSPS) is 20.7. The maximum Gasteiger partial charge on any atom is 0.346 e. The number of urea groups is 1. The Labute approximate surface area is 146 Å². The average molecular weight is 390 g/mol. The quantitative estimate of drug-likeness (QED) is 0.645. The monoisotopic (exact) mass is 389 g/mol. The van der Waals surface area contributed by atoms with Crippen LogP contribution in [0.5, 0.6) is 0 Å². The molecule has 0 radical (unpaired) electrons. The van der Waals surface area contributed by atoms with E-state index in [0.717, 1.165) is 5.01 Å². The van der Waals surface area contributed by atoms with Crippen molar-refractivity contribution in [3.8, 4) is 0 Å². The molecule has 0 aromatic heterocycles. The molecule has 122 valence electrons. The Hall–Kier alpha value is -2.54. The fourth-order valence-electron chi connectivity index (χ4n) is 2.41. The van der Waals surface area contributed by atoms with Crippen molar-refractivity contribution in [3.63, 3.8) is 0 Å². The smallest absolute Gasteiger partial charge is 0.318 e. The zero-order valence-electron chi connectivity index (χ0n) is 12.7. The number of benzene rings is 2. The van der Waals surface area contributed by atoms with Crippen LogP contribution >= 0.6 is 15.9 Å². The maximum absolute atomic E-state index is 13.2. The number of amides is 3.